The summed E-state index contributed by atoms with van der Waals surface area (Å²) < 4.78 is 5.32. The summed E-state index contributed by atoms with van der Waals surface area (Å²) in [5.41, 5.74) is 1.68. The van der Waals surface area contributed by atoms with E-state index in [2.05, 4.69) is 16.8 Å². The normalized spacial score (nSPS) is 23.7. The second-order valence-electron chi connectivity index (χ2n) is 9.06. The van der Waals surface area contributed by atoms with Gasteiger partial charge in [-0.05, 0) is 50.8 Å². The molecule has 0 unspecified atom stereocenters. The Bertz CT molecular complexity index is 740. The molecule has 0 N–H and O–H groups in total. The van der Waals surface area contributed by atoms with Crippen LogP contribution in [0.1, 0.15) is 67.4 Å². The number of likely N-dealkylation sites (tertiary alicyclic amines) is 2. The van der Waals surface area contributed by atoms with E-state index in [1.54, 1.807) is 6.20 Å². The van der Waals surface area contributed by atoms with Gasteiger partial charge in [-0.1, -0.05) is 13.3 Å². The Balaban J connectivity index is 1.27. The van der Waals surface area contributed by atoms with Gasteiger partial charge in [-0.3, -0.25) is 19.5 Å². The van der Waals surface area contributed by atoms with Crippen LogP contribution in [-0.4, -0.2) is 90.0 Å². The molecule has 1 aromatic rings. The first-order valence-electron chi connectivity index (χ1n) is 12.0. The predicted molar refractivity (Wildman–Crippen MR) is 119 cm³/mol. The summed E-state index contributed by atoms with van der Waals surface area (Å²) in [5.74, 6) is 0.666. The van der Waals surface area contributed by atoms with Crippen molar-refractivity contribution in [2.45, 2.75) is 57.4 Å². The number of hydrogen-bond donors (Lipinski definition) is 0. The Morgan fingerprint density at radius 3 is 2.45 bits per heavy atom. The van der Waals surface area contributed by atoms with Gasteiger partial charge in [-0.15, -0.1) is 0 Å². The zero-order valence-electron chi connectivity index (χ0n) is 18.8. The second-order valence-corrected chi connectivity index (χ2v) is 9.06. The number of carbonyl (C=O) groups is 2. The van der Waals surface area contributed by atoms with Crippen molar-refractivity contribution in [1.82, 2.24) is 19.7 Å². The Morgan fingerprint density at radius 2 is 1.77 bits per heavy atom. The van der Waals surface area contributed by atoms with Gasteiger partial charge in [0.15, 0.2) is 0 Å². The summed E-state index contributed by atoms with van der Waals surface area (Å²) in [6.07, 6.45) is 8.44. The molecule has 4 rings (SSSR count). The first-order chi connectivity index (χ1) is 15.2. The zero-order valence-corrected chi connectivity index (χ0v) is 18.8. The molecule has 4 heterocycles. The van der Waals surface area contributed by atoms with Crippen LogP contribution in [0.4, 0.5) is 0 Å². The van der Waals surface area contributed by atoms with Crippen molar-refractivity contribution in [3.05, 3.63) is 29.6 Å². The van der Waals surface area contributed by atoms with Gasteiger partial charge < -0.3 is 14.5 Å². The second kappa shape index (κ2) is 10.6. The summed E-state index contributed by atoms with van der Waals surface area (Å²) in [6, 6.07) is 4.46. The van der Waals surface area contributed by atoms with Crippen LogP contribution >= 0.6 is 0 Å². The van der Waals surface area contributed by atoms with Gasteiger partial charge in [-0.2, -0.15) is 0 Å². The number of nitrogens with zero attached hydrogens (tertiary/aromatic N) is 4. The van der Waals surface area contributed by atoms with Gasteiger partial charge in [-0.25, -0.2) is 0 Å². The van der Waals surface area contributed by atoms with E-state index in [0.29, 0.717) is 50.4 Å². The summed E-state index contributed by atoms with van der Waals surface area (Å²) in [4.78, 5) is 36.3. The number of morpholine rings is 1. The van der Waals surface area contributed by atoms with Gasteiger partial charge >= 0.3 is 0 Å². The lowest BCUT2D eigenvalue weighted by Crippen LogP contribution is -2.48. The van der Waals surface area contributed by atoms with Crippen LogP contribution in [0.15, 0.2) is 18.3 Å². The maximum atomic E-state index is 12.9. The van der Waals surface area contributed by atoms with Gasteiger partial charge in [0.25, 0.3) is 5.91 Å². The fraction of sp³-hybridized carbons (Fsp3) is 0.708. The van der Waals surface area contributed by atoms with E-state index in [0.717, 1.165) is 44.6 Å². The van der Waals surface area contributed by atoms with Crippen molar-refractivity contribution in [2.24, 2.45) is 0 Å². The molecule has 0 aromatic carbocycles. The van der Waals surface area contributed by atoms with Crippen LogP contribution in [0, 0.1) is 0 Å². The fourth-order valence-electron chi connectivity index (χ4n) is 5.15. The summed E-state index contributed by atoms with van der Waals surface area (Å²) in [5, 5.41) is 0. The Kier molecular flexibility index (Phi) is 7.56. The maximum absolute atomic E-state index is 12.9. The molecule has 3 saturated heterocycles. The number of hydrogen-bond acceptors (Lipinski definition) is 5. The third-order valence-corrected chi connectivity index (χ3v) is 7.16. The van der Waals surface area contributed by atoms with Crippen LogP contribution in [0.5, 0.6) is 0 Å². The van der Waals surface area contributed by atoms with Crippen molar-refractivity contribution in [3.8, 4) is 0 Å². The highest BCUT2D eigenvalue weighted by molar-refractivity contribution is 5.94. The molecule has 0 aliphatic carbocycles. The van der Waals surface area contributed by atoms with Crippen LogP contribution in [0.2, 0.25) is 0 Å². The molecule has 0 bridgehead atoms. The molecule has 1 atom stereocenters. The summed E-state index contributed by atoms with van der Waals surface area (Å²) in [7, 11) is 0. The minimum absolute atomic E-state index is 0.0332. The number of carbonyl (C=O) groups excluding carboxylic acids is 2. The van der Waals surface area contributed by atoms with E-state index < -0.39 is 0 Å². The molecule has 1 aromatic heterocycles. The molecular formula is C24H36N4O3. The molecule has 3 fully saturated rings. The number of piperidine rings is 2. The molecule has 3 aliphatic rings. The Morgan fingerprint density at radius 1 is 1.00 bits per heavy atom. The van der Waals surface area contributed by atoms with E-state index in [4.69, 9.17) is 4.74 Å². The molecule has 31 heavy (non-hydrogen) atoms. The third-order valence-electron chi connectivity index (χ3n) is 7.16. The van der Waals surface area contributed by atoms with Crippen molar-refractivity contribution >= 4 is 11.8 Å². The standard InChI is InChI=1S/C24H36N4O3/c1-2-21-5-3-4-10-28(21)18-23(29)26-11-8-19(9-12-26)22-7-6-20(17-25-22)24(30)27-13-15-31-16-14-27/h6-7,17,19,21H,2-5,8-16,18H2,1H3/t21-/m1/s1. The highest BCUT2D eigenvalue weighted by Gasteiger charge is 2.28. The number of aromatic nitrogens is 1. The lowest BCUT2D eigenvalue weighted by atomic mass is 9.92. The van der Waals surface area contributed by atoms with Gasteiger partial charge in [0.1, 0.15) is 0 Å². The van der Waals surface area contributed by atoms with E-state index in [1.165, 1.54) is 19.3 Å². The molecule has 0 saturated carbocycles. The van der Waals surface area contributed by atoms with Gasteiger partial charge in [0.2, 0.25) is 5.91 Å². The van der Waals surface area contributed by atoms with Crippen LogP contribution in [0.3, 0.4) is 0 Å². The first kappa shape index (κ1) is 22.2. The van der Waals surface area contributed by atoms with Crippen LogP contribution in [-0.2, 0) is 9.53 Å². The molecule has 170 valence electrons. The van der Waals surface area contributed by atoms with Crippen molar-refractivity contribution in [1.29, 1.82) is 0 Å². The van der Waals surface area contributed by atoms with E-state index in [9.17, 15) is 9.59 Å². The van der Waals surface area contributed by atoms with E-state index >= 15 is 0 Å². The minimum Gasteiger partial charge on any atom is -0.378 e. The summed E-state index contributed by atoms with van der Waals surface area (Å²) in [6.45, 7) is 7.93. The fourth-order valence-corrected chi connectivity index (χ4v) is 5.15. The monoisotopic (exact) mass is 428 g/mol. The smallest absolute Gasteiger partial charge is 0.255 e. The predicted octanol–water partition coefficient (Wildman–Crippen LogP) is 2.52. The van der Waals surface area contributed by atoms with Crippen LogP contribution < -0.4 is 0 Å². The molecule has 3 aliphatic heterocycles. The zero-order chi connectivity index (χ0) is 21.6. The third kappa shape index (κ3) is 5.44. The highest BCUT2D eigenvalue weighted by atomic mass is 16.5. The minimum atomic E-state index is 0.0332. The number of pyridine rings is 1. The van der Waals surface area contributed by atoms with Gasteiger partial charge in [0, 0.05) is 50.0 Å². The van der Waals surface area contributed by atoms with Crippen molar-refractivity contribution in [3.63, 3.8) is 0 Å². The maximum Gasteiger partial charge on any atom is 0.255 e. The van der Waals surface area contributed by atoms with E-state index in [1.807, 2.05) is 21.9 Å². The SMILES string of the molecule is CC[C@@H]1CCCCN1CC(=O)N1CCC(c2ccc(C(=O)N3CCOCC3)cn2)CC1. The largest absolute Gasteiger partial charge is 0.378 e. The molecule has 2 amide bonds. The number of ether oxygens (including phenoxy) is 1. The van der Waals surface area contributed by atoms with Crippen LogP contribution in [0.25, 0.3) is 0 Å². The van der Waals surface area contributed by atoms with Gasteiger partial charge in [0.05, 0.1) is 25.3 Å². The average molecular weight is 429 g/mol. The Labute approximate surface area is 185 Å². The molecular weight excluding hydrogens is 392 g/mol. The molecule has 7 nitrogen and oxygen atoms in total. The Hall–Kier alpha value is -1.99. The summed E-state index contributed by atoms with van der Waals surface area (Å²) >= 11 is 0. The van der Waals surface area contributed by atoms with Crippen molar-refractivity contribution in [2.75, 3.05) is 52.5 Å². The number of amides is 2. The molecule has 7 heteroatoms. The topological polar surface area (TPSA) is 66.0 Å². The lowest BCUT2D eigenvalue weighted by molar-refractivity contribution is -0.134. The molecule has 0 spiro atoms. The van der Waals surface area contributed by atoms with E-state index in [-0.39, 0.29) is 11.8 Å². The number of rotatable bonds is 5. The highest BCUT2D eigenvalue weighted by Crippen LogP contribution is 2.27. The quantitative estimate of drug-likeness (QED) is 0.721. The lowest BCUT2D eigenvalue weighted by Gasteiger charge is -2.37. The first-order valence-corrected chi connectivity index (χ1v) is 12.0. The molecule has 0 radical (unpaired) electrons. The average Bonchev–Trinajstić information content (AvgIpc) is 2.84. The van der Waals surface area contributed by atoms with Crippen molar-refractivity contribution < 1.29 is 14.3 Å².